The van der Waals surface area contributed by atoms with Crippen LogP contribution in [-0.2, 0) is 13.0 Å². The van der Waals surface area contributed by atoms with Crippen molar-refractivity contribution in [3.8, 4) is 17.1 Å². The highest BCUT2D eigenvalue weighted by molar-refractivity contribution is 5.92. The minimum absolute atomic E-state index is 0.0307. The molecule has 5 aromatic rings. The number of pyridine rings is 1. The average molecular weight is 620 g/mol. The second-order valence-electron chi connectivity index (χ2n) is 10.3. The van der Waals surface area contributed by atoms with Crippen molar-refractivity contribution in [3.05, 3.63) is 112 Å². The van der Waals surface area contributed by atoms with Crippen molar-refractivity contribution in [2.24, 2.45) is 0 Å². The lowest BCUT2D eigenvalue weighted by Gasteiger charge is -2.29. The van der Waals surface area contributed by atoms with Crippen LogP contribution in [0.3, 0.4) is 0 Å². The van der Waals surface area contributed by atoms with Gasteiger partial charge in [-0.15, -0.1) is 0 Å². The third kappa shape index (κ3) is 7.34. The molecule has 0 atom stereocenters. The molecule has 0 saturated heterocycles. The number of aromatic carboxylic acids is 1. The lowest BCUT2D eigenvalue weighted by atomic mass is 9.92. The predicted octanol–water partition coefficient (Wildman–Crippen LogP) is 8.05. The lowest BCUT2D eigenvalue weighted by Crippen LogP contribution is -2.19. The summed E-state index contributed by atoms with van der Waals surface area (Å²) in [7, 11) is 1.00. The molecule has 45 heavy (non-hydrogen) atoms. The highest BCUT2D eigenvalue weighted by Crippen LogP contribution is 2.37. The van der Waals surface area contributed by atoms with Crippen LogP contribution < -0.4 is 4.74 Å². The first-order chi connectivity index (χ1) is 21.8. The Morgan fingerprint density at radius 2 is 1.64 bits per heavy atom. The van der Waals surface area contributed by atoms with Crippen molar-refractivity contribution in [2.75, 3.05) is 7.11 Å². The van der Waals surface area contributed by atoms with E-state index in [9.17, 15) is 14.3 Å². The summed E-state index contributed by atoms with van der Waals surface area (Å²) >= 11 is 0. The van der Waals surface area contributed by atoms with E-state index in [1.54, 1.807) is 49.4 Å². The van der Waals surface area contributed by atoms with Crippen LogP contribution in [0.2, 0.25) is 0 Å². The summed E-state index contributed by atoms with van der Waals surface area (Å²) in [4.78, 5) is 20.5. The van der Waals surface area contributed by atoms with E-state index in [0.717, 1.165) is 44.1 Å². The fraction of sp³-hybridized carbons (Fsp3) is 0.286. The van der Waals surface area contributed by atoms with E-state index in [2.05, 4.69) is 9.97 Å². The number of aliphatic hydroxyl groups excluding tert-OH is 1. The number of carbonyl (C=O) groups is 1. The van der Waals surface area contributed by atoms with Gasteiger partial charge in [-0.25, -0.2) is 27.9 Å². The van der Waals surface area contributed by atoms with Gasteiger partial charge in [0.2, 0.25) is 5.88 Å². The van der Waals surface area contributed by atoms with E-state index in [1.165, 1.54) is 12.1 Å². The molecule has 236 valence electrons. The number of carboxylic acids is 1. The summed E-state index contributed by atoms with van der Waals surface area (Å²) < 4.78 is 52.6. The molecule has 3 aromatic carbocycles. The van der Waals surface area contributed by atoms with Gasteiger partial charge in [-0.3, -0.25) is 0 Å². The van der Waals surface area contributed by atoms with Crippen molar-refractivity contribution in [3.63, 3.8) is 0 Å². The highest BCUT2D eigenvalue weighted by Gasteiger charge is 2.26. The number of aliphatic hydroxyl groups is 1. The molecule has 0 bridgehead atoms. The number of rotatable bonds is 8. The Morgan fingerprint density at radius 1 is 0.911 bits per heavy atom. The molecule has 0 radical (unpaired) electrons. The van der Waals surface area contributed by atoms with Crippen LogP contribution in [0.1, 0.15) is 72.0 Å². The van der Waals surface area contributed by atoms with Gasteiger partial charge < -0.3 is 19.5 Å². The van der Waals surface area contributed by atoms with E-state index in [-0.39, 0.29) is 47.3 Å². The van der Waals surface area contributed by atoms with Crippen LogP contribution in [0.4, 0.5) is 13.2 Å². The number of ether oxygens (including phenoxy) is 1. The maximum atomic E-state index is 15.4. The van der Waals surface area contributed by atoms with Crippen molar-refractivity contribution < 1.29 is 32.9 Å². The molecule has 1 saturated carbocycles. The van der Waals surface area contributed by atoms with E-state index in [0.29, 0.717) is 22.4 Å². The van der Waals surface area contributed by atoms with Crippen LogP contribution in [0.25, 0.3) is 22.3 Å². The Bertz CT molecular complexity index is 1800. The number of aromatic nitrogens is 3. The van der Waals surface area contributed by atoms with Gasteiger partial charge >= 0.3 is 5.97 Å². The number of carboxylic acid groups (broad SMARTS) is 1. The van der Waals surface area contributed by atoms with Crippen molar-refractivity contribution in [2.45, 2.75) is 59.1 Å². The number of nitrogens with zero attached hydrogens (tertiary/aromatic N) is 3. The molecule has 0 unspecified atom stereocenters. The first-order valence-electron chi connectivity index (χ1n) is 14.8. The smallest absolute Gasteiger partial charge is 0.335 e. The zero-order valence-corrected chi connectivity index (χ0v) is 25.7. The molecule has 0 spiro atoms. The first-order valence-corrected chi connectivity index (χ1v) is 14.8. The predicted molar refractivity (Wildman–Crippen MR) is 167 cm³/mol. The molecule has 0 amide bonds. The zero-order chi connectivity index (χ0) is 32.7. The number of halogens is 3. The van der Waals surface area contributed by atoms with Crippen molar-refractivity contribution in [1.29, 1.82) is 0 Å². The minimum atomic E-state index is -1.04. The van der Waals surface area contributed by atoms with Crippen LogP contribution >= 0.6 is 0 Å². The molecule has 1 aliphatic carbocycles. The molecular weight excluding hydrogens is 583 g/mol. The van der Waals surface area contributed by atoms with Gasteiger partial charge in [0.1, 0.15) is 29.9 Å². The standard InChI is InChI=1S/C32H26F3N3O3.C2H6.CH4O/c1-18-8-9-20(24(33)12-18)17-41-31-7-3-6-27(37-31)23-16-25(34)21(13-26(23)35)15-30-36-28-11-10-19(32(39)40)14-29(28)38(30)22-4-2-5-22;2*1-2/h3,6-14,16,22H,2,4-5,15,17H2,1H3,(H,39,40);1-2H3;2H,1H3. The second kappa shape index (κ2) is 14.9. The summed E-state index contributed by atoms with van der Waals surface area (Å²) in [6, 6.07) is 16.7. The zero-order valence-electron chi connectivity index (χ0n) is 25.7. The molecular formula is C35H36F3N3O4. The summed E-state index contributed by atoms with van der Waals surface area (Å²) in [6.45, 7) is 5.73. The van der Waals surface area contributed by atoms with Crippen LogP contribution in [-0.4, -0.2) is 37.8 Å². The van der Waals surface area contributed by atoms with Crippen molar-refractivity contribution >= 4 is 17.0 Å². The monoisotopic (exact) mass is 619 g/mol. The van der Waals surface area contributed by atoms with Gasteiger partial charge in [0.15, 0.2) is 0 Å². The Kier molecular flexibility index (Phi) is 11.0. The van der Waals surface area contributed by atoms with Gasteiger partial charge in [0.05, 0.1) is 22.3 Å². The molecule has 2 aromatic heterocycles. The molecule has 1 aliphatic rings. The van der Waals surface area contributed by atoms with Gasteiger partial charge in [-0.1, -0.05) is 32.0 Å². The number of imidazole rings is 1. The maximum Gasteiger partial charge on any atom is 0.335 e. The van der Waals surface area contributed by atoms with Gasteiger partial charge in [-0.05, 0) is 79.8 Å². The minimum Gasteiger partial charge on any atom is -0.478 e. The Hall–Kier alpha value is -4.70. The van der Waals surface area contributed by atoms with Gasteiger partial charge in [0.25, 0.3) is 0 Å². The van der Waals surface area contributed by atoms with E-state index < -0.39 is 23.4 Å². The Morgan fingerprint density at radius 3 is 2.31 bits per heavy atom. The number of hydrogen-bond donors (Lipinski definition) is 2. The summed E-state index contributed by atoms with van der Waals surface area (Å²) in [5.41, 5.74) is 2.86. The number of aryl methyl sites for hydroxylation is 1. The maximum absolute atomic E-state index is 15.4. The van der Waals surface area contributed by atoms with Crippen LogP contribution in [0, 0.1) is 24.4 Å². The number of fused-ring (bicyclic) bond motifs is 1. The lowest BCUT2D eigenvalue weighted by molar-refractivity contribution is 0.0697. The number of benzene rings is 3. The highest BCUT2D eigenvalue weighted by atomic mass is 19.1. The van der Waals surface area contributed by atoms with Gasteiger partial charge in [-0.2, -0.15) is 0 Å². The SMILES string of the molecule is CC.CO.Cc1ccc(COc2cccc(-c3cc(F)c(Cc4nc5ccc(C(=O)O)cc5n4C4CCC4)cc3F)n2)c(F)c1. The molecule has 10 heteroatoms. The fourth-order valence-electron chi connectivity index (χ4n) is 5.11. The second-order valence-corrected chi connectivity index (χ2v) is 10.3. The Balaban J connectivity index is 0.00000111. The van der Waals surface area contributed by atoms with E-state index in [1.807, 2.05) is 18.4 Å². The van der Waals surface area contributed by atoms with Crippen molar-refractivity contribution in [1.82, 2.24) is 14.5 Å². The normalized spacial score (nSPS) is 12.4. The largest absolute Gasteiger partial charge is 0.478 e. The molecule has 1 fully saturated rings. The Labute approximate surface area is 260 Å². The average Bonchev–Trinajstić information content (AvgIpc) is 3.36. The first kappa shape index (κ1) is 33.2. The van der Waals surface area contributed by atoms with Crippen LogP contribution in [0.15, 0.2) is 66.7 Å². The summed E-state index contributed by atoms with van der Waals surface area (Å²) in [5.74, 6) is -2.00. The third-order valence-electron chi connectivity index (χ3n) is 7.52. The van der Waals surface area contributed by atoms with E-state index >= 15 is 8.78 Å². The topological polar surface area (TPSA) is 97.5 Å². The number of hydrogen-bond acceptors (Lipinski definition) is 5. The molecule has 0 aliphatic heterocycles. The fourth-order valence-corrected chi connectivity index (χ4v) is 5.11. The molecule has 2 heterocycles. The third-order valence-corrected chi connectivity index (χ3v) is 7.52. The molecule has 2 N–H and O–H groups in total. The van der Waals surface area contributed by atoms with Gasteiger partial charge in [0, 0.05) is 36.8 Å². The quantitative estimate of drug-likeness (QED) is 0.182. The summed E-state index contributed by atoms with van der Waals surface area (Å²) in [6.07, 6.45) is 2.89. The van der Waals surface area contributed by atoms with E-state index in [4.69, 9.17) is 9.84 Å². The molecule has 6 rings (SSSR count). The molecule has 7 nitrogen and oxygen atoms in total. The van der Waals surface area contributed by atoms with Crippen LogP contribution in [0.5, 0.6) is 5.88 Å². The summed E-state index contributed by atoms with van der Waals surface area (Å²) in [5, 5.41) is 16.4.